The summed E-state index contributed by atoms with van der Waals surface area (Å²) >= 11 is 3.64. The van der Waals surface area contributed by atoms with Gasteiger partial charge in [0, 0.05) is 26.7 Å². The van der Waals surface area contributed by atoms with Crippen molar-refractivity contribution in [2.24, 2.45) is 7.05 Å². The molecule has 0 amide bonds. The molecule has 0 saturated carbocycles. The molecule has 1 unspecified atom stereocenters. The molecule has 0 aliphatic rings. The lowest BCUT2D eigenvalue weighted by Gasteiger charge is -2.24. The van der Waals surface area contributed by atoms with E-state index in [0.29, 0.717) is 6.04 Å². The first-order chi connectivity index (χ1) is 8.01. The van der Waals surface area contributed by atoms with Crippen LogP contribution in [0.15, 0.2) is 4.47 Å². The Bertz CT molecular complexity index is 365. The third-order valence-corrected chi connectivity index (χ3v) is 3.98. The summed E-state index contributed by atoms with van der Waals surface area (Å²) in [5.74, 6) is 0. The van der Waals surface area contributed by atoms with E-state index in [-0.39, 0.29) is 0 Å². The minimum atomic E-state index is 0.395. The van der Waals surface area contributed by atoms with Crippen LogP contribution in [0.3, 0.4) is 0 Å². The number of rotatable bonds is 6. The van der Waals surface area contributed by atoms with E-state index in [1.807, 2.05) is 11.7 Å². The van der Waals surface area contributed by atoms with Gasteiger partial charge in [-0.05, 0) is 36.3 Å². The van der Waals surface area contributed by atoms with Crippen molar-refractivity contribution in [1.82, 2.24) is 14.7 Å². The van der Waals surface area contributed by atoms with Crippen LogP contribution < -0.4 is 0 Å². The van der Waals surface area contributed by atoms with Crippen molar-refractivity contribution in [2.45, 2.75) is 32.9 Å². The fourth-order valence-corrected chi connectivity index (χ4v) is 2.49. The molecule has 0 fully saturated rings. The summed E-state index contributed by atoms with van der Waals surface area (Å²) in [5.41, 5.74) is 2.34. The normalized spacial score (nSPS) is 13.4. The van der Waals surface area contributed by atoms with E-state index in [0.717, 1.165) is 29.7 Å². The van der Waals surface area contributed by atoms with Crippen molar-refractivity contribution in [3.05, 3.63) is 15.9 Å². The molecule has 98 valence electrons. The lowest BCUT2D eigenvalue weighted by atomic mass is 10.2. The van der Waals surface area contributed by atoms with Crippen molar-refractivity contribution in [3.8, 4) is 0 Å². The third kappa shape index (κ3) is 3.53. The fraction of sp³-hybridized carbons (Fsp3) is 0.750. The molecule has 17 heavy (non-hydrogen) atoms. The molecule has 1 rings (SSSR count). The van der Waals surface area contributed by atoms with Gasteiger partial charge < -0.3 is 4.74 Å². The fourth-order valence-electron chi connectivity index (χ4n) is 1.75. The van der Waals surface area contributed by atoms with Gasteiger partial charge in [-0.2, -0.15) is 5.10 Å². The number of aryl methyl sites for hydroxylation is 2. The zero-order chi connectivity index (χ0) is 13.0. The first-order valence-corrected chi connectivity index (χ1v) is 6.69. The van der Waals surface area contributed by atoms with Gasteiger partial charge in [0.1, 0.15) is 0 Å². The van der Waals surface area contributed by atoms with E-state index < -0.39 is 0 Å². The summed E-state index contributed by atoms with van der Waals surface area (Å²) in [4.78, 5) is 2.27. The van der Waals surface area contributed by atoms with Gasteiger partial charge in [0.25, 0.3) is 0 Å². The molecule has 0 radical (unpaired) electrons. The second-order valence-corrected chi connectivity index (χ2v) is 5.20. The summed E-state index contributed by atoms with van der Waals surface area (Å²) < 4.78 is 8.27. The Morgan fingerprint density at radius 2 is 2.18 bits per heavy atom. The van der Waals surface area contributed by atoms with Crippen molar-refractivity contribution in [2.75, 3.05) is 20.8 Å². The number of likely N-dealkylation sites (N-methyl/N-ethyl adjacent to an activating group) is 1. The van der Waals surface area contributed by atoms with Crippen LogP contribution in [0.25, 0.3) is 0 Å². The summed E-state index contributed by atoms with van der Waals surface area (Å²) in [6.45, 7) is 5.89. The van der Waals surface area contributed by atoms with Crippen molar-refractivity contribution >= 4 is 15.9 Å². The maximum atomic E-state index is 5.17. The van der Waals surface area contributed by atoms with Crippen LogP contribution in [0.1, 0.15) is 25.2 Å². The predicted molar refractivity (Wildman–Crippen MR) is 73.1 cm³/mol. The van der Waals surface area contributed by atoms with Crippen molar-refractivity contribution in [1.29, 1.82) is 0 Å². The molecule has 0 bridgehead atoms. The van der Waals surface area contributed by atoms with Gasteiger partial charge in [-0.3, -0.25) is 9.58 Å². The van der Waals surface area contributed by atoms with Crippen LogP contribution in [-0.4, -0.2) is 41.5 Å². The Hall–Kier alpha value is -0.390. The average Bonchev–Trinajstić information content (AvgIpc) is 2.56. The summed E-state index contributed by atoms with van der Waals surface area (Å²) in [6.07, 6.45) is 0.950. The quantitative estimate of drug-likeness (QED) is 0.807. The Kier molecular flexibility index (Phi) is 5.62. The zero-order valence-electron chi connectivity index (χ0n) is 11.3. The number of ether oxygens (including phenoxy) is 1. The number of nitrogens with zero attached hydrogens (tertiary/aromatic N) is 3. The molecule has 0 aromatic carbocycles. The summed E-state index contributed by atoms with van der Waals surface area (Å²) in [5, 5.41) is 4.50. The number of halogens is 1. The molecule has 1 heterocycles. The standard InChI is InChI=1S/C12H22BrN3O/c1-6-10-12(13)11(16(4)14-10)7-15(3)9(2)8-17-5/h9H,6-8H2,1-5H3. The van der Waals surface area contributed by atoms with Gasteiger partial charge >= 0.3 is 0 Å². The van der Waals surface area contributed by atoms with Crippen LogP contribution in [0.4, 0.5) is 0 Å². The lowest BCUT2D eigenvalue weighted by molar-refractivity contribution is 0.110. The molecule has 1 atom stereocenters. The second-order valence-electron chi connectivity index (χ2n) is 4.40. The Morgan fingerprint density at radius 1 is 1.53 bits per heavy atom. The predicted octanol–water partition coefficient (Wildman–Crippen LogP) is 2.21. The minimum absolute atomic E-state index is 0.395. The van der Waals surface area contributed by atoms with Crippen molar-refractivity contribution < 1.29 is 4.74 Å². The van der Waals surface area contributed by atoms with Crippen LogP contribution in [0, 0.1) is 0 Å². The van der Waals surface area contributed by atoms with Crippen LogP contribution in [-0.2, 0) is 24.8 Å². The SMILES string of the molecule is CCc1nn(C)c(CN(C)C(C)COC)c1Br. The second kappa shape index (κ2) is 6.52. The first kappa shape index (κ1) is 14.7. The molecule has 5 heteroatoms. The van der Waals surface area contributed by atoms with Crippen LogP contribution in [0.2, 0.25) is 0 Å². The van der Waals surface area contributed by atoms with Gasteiger partial charge in [-0.15, -0.1) is 0 Å². The minimum Gasteiger partial charge on any atom is -0.383 e. The van der Waals surface area contributed by atoms with Crippen molar-refractivity contribution in [3.63, 3.8) is 0 Å². The maximum Gasteiger partial charge on any atom is 0.0767 e. The van der Waals surface area contributed by atoms with Gasteiger partial charge in [0.05, 0.1) is 22.5 Å². The largest absolute Gasteiger partial charge is 0.383 e. The van der Waals surface area contributed by atoms with E-state index in [2.05, 4.69) is 46.8 Å². The summed E-state index contributed by atoms with van der Waals surface area (Å²) in [7, 11) is 5.84. The molecule has 0 spiro atoms. The van der Waals surface area contributed by atoms with E-state index in [1.165, 1.54) is 5.69 Å². The Morgan fingerprint density at radius 3 is 2.65 bits per heavy atom. The molecule has 0 aliphatic heterocycles. The molecule has 4 nitrogen and oxygen atoms in total. The smallest absolute Gasteiger partial charge is 0.0767 e. The molecular weight excluding hydrogens is 282 g/mol. The molecule has 0 N–H and O–H groups in total. The maximum absolute atomic E-state index is 5.17. The molecule has 1 aromatic rings. The third-order valence-electron chi connectivity index (χ3n) is 3.06. The monoisotopic (exact) mass is 303 g/mol. The highest BCUT2D eigenvalue weighted by atomic mass is 79.9. The van der Waals surface area contributed by atoms with Gasteiger partial charge in [0.15, 0.2) is 0 Å². The highest BCUT2D eigenvalue weighted by Crippen LogP contribution is 2.23. The zero-order valence-corrected chi connectivity index (χ0v) is 12.9. The first-order valence-electron chi connectivity index (χ1n) is 5.90. The van der Waals surface area contributed by atoms with E-state index >= 15 is 0 Å². The van der Waals surface area contributed by atoms with Gasteiger partial charge in [-0.25, -0.2) is 0 Å². The van der Waals surface area contributed by atoms with Crippen LogP contribution >= 0.6 is 15.9 Å². The van der Waals surface area contributed by atoms with E-state index in [9.17, 15) is 0 Å². The van der Waals surface area contributed by atoms with Gasteiger partial charge in [-0.1, -0.05) is 6.92 Å². The Balaban J connectivity index is 2.77. The lowest BCUT2D eigenvalue weighted by Crippen LogP contribution is -2.32. The highest BCUT2D eigenvalue weighted by Gasteiger charge is 2.16. The average molecular weight is 304 g/mol. The number of aromatic nitrogens is 2. The van der Waals surface area contributed by atoms with E-state index in [1.54, 1.807) is 7.11 Å². The summed E-state index contributed by atoms with van der Waals surface area (Å²) in [6, 6.07) is 0.395. The Labute approximate surface area is 112 Å². The molecular formula is C12H22BrN3O. The molecule has 1 aromatic heterocycles. The number of methoxy groups -OCH3 is 1. The molecule has 0 saturated heterocycles. The topological polar surface area (TPSA) is 30.3 Å². The van der Waals surface area contributed by atoms with Gasteiger partial charge in [0.2, 0.25) is 0 Å². The number of hydrogen-bond acceptors (Lipinski definition) is 3. The highest BCUT2D eigenvalue weighted by molar-refractivity contribution is 9.10. The number of hydrogen-bond donors (Lipinski definition) is 0. The van der Waals surface area contributed by atoms with Crippen LogP contribution in [0.5, 0.6) is 0 Å². The molecule has 0 aliphatic carbocycles. The van der Waals surface area contributed by atoms with E-state index in [4.69, 9.17) is 4.74 Å².